The van der Waals surface area contributed by atoms with Crippen molar-refractivity contribution in [3.63, 3.8) is 0 Å². The molecule has 23 heavy (non-hydrogen) atoms. The molecule has 1 heterocycles. The van der Waals surface area contributed by atoms with Gasteiger partial charge in [0.1, 0.15) is 12.4 Å². The van der Waals surface area contributed by atoms with E-state index in [0.717, 1.165) is 0 Å². The van der Waals surface area contributed by atoms with E-state index in [-0.39, 0.29) is 30.8 Å². The Kier molecular flexibility index (Phi) is 5.89. The number of hydrogen-bond donors (Lipinski definition) is 1. The predicted molar refractivity (Wildman–Crippen MR) is 81.5 cm³/mol. The Bertz CT molecular complexity index is 548. The maximum atomic E-state index is 12.9. The van der Waals surface area contributed by atoms with Crippen LogP contribution in [0.25, 0.3) is 0 Å². The molecule has 3 amide bonds. The summed E-state index contributed by atoms with van der Waals surface area (Å²) in [6.45, 7) is 1.05. The van der Waals surface area contributed by atoms with E-state index in [1.807, 2.05) is 0 Å². The minimum atomic E-state index is -0.524. The minimum Gasteiger partial charge on any atom is -0.354 e. The lowest BCUT2D eigenvalue weighted by atomic mass is 10.3. The summed E-state index contributed by atoms with van der Waals surface area (Å²) in [4.78, 5) is 27.1. The predicted octanol–water partition coefficient (Wildman–Crippen LogP) is 0.803. The Hall–Kier alpha value is -2.19. The van der Waals surface area contributed by atoms with E-state index in [2.05, 4.69) is 5.32 Å². The molecule has 1 aliphatic heterocycles. The van der Waals surface area contributed by atoms with Crippen molar-refractivity contribution < 1.29 is 23.5 Å². The standard InChI is InChI=1S/C15H20FN3O4/c1-22-14(23-2)9-17-13(20)10-18-7-8-19(15(18)21)12-5-3-11(16)4-6-12/h3-6,14H,7-10H2,1-2H3,(H,17,20). The fourth-order valence-corrected chi connectivity index (χ4v) is 2.28. The van der Waals surface area contributed by atoms with Crippen LogP contribution in [0.5, 0.6) is 0 Å². The van der Waals surface area contributed by atoms with Gasteiger partial charge in [-0.05, 0) is 24.3 Å². The number of urea groups is 1. The van der Waals surface area contributed by atoms with Crippen molar-refractivity contribution in [1.82, 2.24) is 10.2 Å². The van der Waals surface area contributed by atoms with Crippen LogP contribution in [-0.4, -0.2) is 63.5 Å². The number of carbonyl (C=O) groups excluding carboxylic acids is 2. The molecule has 0 bridgehead atoms. The minimum absolute atomic E-state index is 0.0450. The lowest BCUT2D eigenvalue weighted by Gasteiger charge is -2.19. The van der Waals surface area contributed by atoms with Crippen LogP contribution in [0.1, 0.15) is 0 Å². The molecule has 0 spiro atoms. The molecule has 1 aromatic carbocycles. The quantitative estimate of drug-likeness (QED) is 0.753. The van der Waals surface area contributed by atoms with E-state index in [1.54, 1.807) is 12.1 Å². The molecule has 0 aliphatic carbocycles. The average molecular weight is 325 g/mol. The second-order valence-electron chi connectivity index (χ2n) is 5.04. The third kappa shape index (κ3) is 4.40. The van der Waals surface area contributed by atoms with Gasteiger partial charge in [0, 0.05) is 33.0 Å². The Morgan fingerprint density at radius 1 is 1.26 bits per heavy atom. The third-order valence-electron chi connectivity index (χ3n) is 3.56. The van der Waals surface area contributed by atoms with Gasteiger partial charge in [0.25, 0.3) is 0 Å². The molecule has 0 aromatic heterocycles. The van der Waals surface area contributed by atoms with Gasteiger partial charge in [-0.3, -0.25) is 9.69 Å². The molecule has 1 fully saturated rings. The highest BCUT2D eigenvalue weighted by atomic mass is 19.1. The summed E-state index contributed by atoms with van der Waals surface area (Å²) in [5.74, 6) is -0.652. The zero-order valence-corrected chi connectivity index (χ0v) is 13.1. The molecule has 2 rings (SSSR count). The molecule has 7 nitrogen and oxygen atoms in total. The van der Waals surface area contributed by atoms with Crippen molar-refractivity contribution in [2.75, 3.05) is 45.3 Å². The summed E-state index contributed by atoms with van der Waals surface area (Å²) in [7, 11) is 2.95. The number of rotatable bonds is 7. The number of benzene rings is 1. The van der Waals surface area contributed by atoms with Gasteiger partial charge in [-0.25, -0.2) is 9.18 Å². The van der Waals surface area contributed by atoms with Crippen LogP contribution < -0.4 is 10.2 Å². The van der Waals surface area contributed by atoms with Gasteiger partial charge >= 0.3 is 6.03 Å². The van der Waals surface area contributed by atoms with Crippen molar-refractivity contribution in [3.8, 4) is 0 Å². The van der Waals surface area contributed by atoms with Crippen LogP contribution in [0.3, 0.4) is 0 Å². The highest BCUT2D eigenvalue weighted by molar-refractivity contribution is 5.96. The van der Waals surface area contributed by atoms with Crippen LogP contribution >= 0.6 is 0 Å². The fourth-order valence-electron chi connectivity index (χ4n) is 2.28. The number of amides is 3. The number of ether oxygens (including phenoxy) is 2. The number of anilines is 1. The molecule has 1 saturated heterocycles. The van der Waals surface area contributed by atoms with Gasteiger partial charge in [0.2, 0.25) is 5.91 Å². The second kappa shape index (κ2) is 7.89. The highest BCUT2D eigenvalue weighted by Gasteiger charge is 2.30. The molecule has 1 aromatic rings. The second-order valence-corrected chi connectivity index (χ2v) is 5.04. The maximum absolute atomic E-state index is 12.9. The zero-order chi connectivity index (χ0) is 16.8. The molecule has 1 aliphatic rings. The number of hydrogen-bond acceptors (Lipinski definition) is 4. The number of halogens is 1. The molecular formula is C15H20FN3O4. The van der Waals surface area contributed by atoms with E-state index in [4.69, 9.17) is 9.47 Å². The molecule has 126 valence electrons. The van der Waals surface area contributed by atoms with Gasteiger partial charge in [-0.2, -0.15) is 0 Å². The van der Waals surface area contributed by atoms with E-state index >= 15 is 0 Å². The van der Waals surface area contributed by atoms with Crippen LogP contribution in [0.15, 0.2) is 24.3 Å². The molecule has 1 N–H and O–H groups in total. The van der Waals surface area contributed by atoms with E-state index in [9.17, 15) is 14.0 Å². The van der Waals surface area contributed by atoms with E-state index in [1.165, 1.54) is 36.2 Å². The normalized spacial score (nSPS) is 14.7. The Labute approximate surface area is 133 Å². The van der Waals surface area contributed by atoms with Crippen molar-refractivity contribution in [2.45, 2.75) is 6.29 Å². The summed E-state index contributed by atoms with van der Waals surface area (Å²) >= 11 is 0. The Morgan fingerprint density at radius 2 is 1.91 bits per heavy atom. The van der Waals surface area contributed by atoms with Crippen molar-refractivity contribution in [2.24, 2.45) is 0 Å². The molecule has 0 radical (unpaired) electrons. The number of nitrogens with one attached hydrogen (secondary N) is 1. The Morgan fingerprint density at radius 3 is 2.52 bits per heavy atom. The largest absolute Gasteiger partial charge is 0.354 e. The first-order valence-electron chi connectivity index (χ1n) is 7.19. The van der Waals surface area contributed by atoms with Crippen molar-refractivity contribution in [3.05, 3.63) is 30.1 Å². The van der Waals surface area contributed by atoms with Crippen LogP contribution in [0, 0.1) is 5.82 Å². The zero-order valence-electron chi connectivity index (χ0n) is 13.1. The fraction of sp³-hybridized carbons (Fsp3) is 0.467. The van der Waals surface area contributed by atoms with Crippen molar-refractivity contribution >= 4 is 17.6 Å². The van der Waals surface area contributed by atoms with E-state index < -0.39 is 6.29 Å². The molecule has 0 atom stereocenters. The smallest absolute Gasteiger partial charge is 0.325 e. The first-order chi connectivity index (χ1) is 11.0. The monoisotopic (exact) mass is 325 g/mol. The summed E-state index contributed by atoms with van der Waals surface area (Å²) < 4.78 is 22.9. The summed E-state index contributed by atoms with van der Waals surface area (Å²) in [5, 5.41) is 2.64. The Balaban J connectivity index is 1.87. The van der Waals surface area contributed by atoms with Crippen molar-refractivity contribution in [1.29, 1.82) is 0 Å². The summed E-state index contributed by atoms with van der Waals surface area (Å²) in [6, 6.07) is 5.40. The maximum Gasteiger partial charge on any atom is 0.325 e. The topological polar surface area (TPSA) is 71.1 Å². The van der Waals surface area contributed by atoms with Gasteiger partial charge in [0.15, 0.2) is 6.29 Å². The first kappa shape index (κ1) is 17.2. The lowest BCUT2D eigenvalue weighted by molar-refractivity contribution is -0.127. The van der Waals surface area contributed by atoms with Crippen LogP contribution in [0.4, 0.5) is 14.9 Å². The summed E-state index contributed by atoms with van der Waals surface area (Å²) in [6.07, 6.45) is -0.524. The van der Waals surface area contributed by atoms with Gasteiger partial charge in [-0.1, -0.05) is 0 Å². The number of carbonyl (C=O) groups is 2. The lowest BCUT2D eigenvalue weighted by Crippen LogP contribution is -2.42. The van der Waals surface area contributed by atoms with E-state index in [0.29, 0.717) is 18.8 Å². The van der Waals surface area contributed by atoms with Crippen LogP contribution in [0.2, 0.25) is 0 Å². The third-order valence-corrected chi connectivity index (χ3v) is 3.56. The highest BCUT2D eigenvalue weighted by Crippen LogP contribution is 2.20. The summed E-state index contributed by atoms with van der Waals surface area (Å²) in [5.41, 5.74) is 0.609. The molecular weight excluding hydrogens is 305 g/mol. The van der Waals surface area contributed by atoms with Gasteiger partial charge in [-0.15, -0.1) is 0 Å². The SMILES string of the molecule is COC(CNC(=O)CN1CCN(c2ccc(F)cc2)C1=O)OC. The number of nitrogens with zero attached hydrogens (tertiary/aromatic N) is 2. The molecule has 8 heteroatoms. The van der Waals surface area contributed by atoms with Gasteiger partial charge in [0.05, 0.1) is 6.54 Å². The average Bonchev–Trinajstić information content (AvgIpc) is 2.90. The number of methoxy groups -OCH3 is 2. The molecule has 0 unspecified atom stereocenters. The molecule has 0 saturated carbocycles. The first-order valence-corrected chi connectivity index (χ1v) is 7.19. The van der Waals surface area contributed by atoms with Crippen LogP contribution in [-0.2, 0) is 14.3 Å². The van der Waals surface area contributed by atoms with Gasteiger partial charge < -0.3 is 19.7 Å².